The Balaban J connectivity index is 2.49. The van der Waals surface area contributed by atoms with E-state index < -0.39 is 0 Å². The van der Waals surface area contributed by atoms with Crippen LogP contribution in [0.5, 0.6) is 0 Å². The molecule has 0 spiro atoms. The lowest BCUT2D eigenvalue weighted by Gasteiger charge is -2.01. The average Bonchev–Trinajstić information content (AvgIpc) is 2.70. The van der Waals surface area contributed by atoms with Gasteiger partial charge in [-0.15, -0.1) is 10.2 Å². The molecule has 0 fully saturated rings. The number of rotatable bonds is 2. The Kier molecular flexibility index (Phi) is 2.70. The second-order valence-electron chi connectivity index (χ2n) is 3.14. The summed E-state index contributed by atoms with van der Waals surface area (Å²) in [6.45, 7) is 2.16. The summed E-state index contributed by atoms with van der Waals surface area (Å²) in [5.74, 6) is 0.812. The van der Waals surface area contributed by atoms with Gasteiger partial charge in [0.1, 0.15) is 0 Å². The molecule has 0 aliphatic rings. The van der Waals surface area contributed by atoms with Crippen molar-refractivity contribution in [3.05, 3.63) is 34.7 Å². The standard InChI is InChI=1S/C10H10ClN3O/c1-6-3-2-4-7(9(6)11)10-14-13-8(5-12)15-10/h2-4H,5,12H2,1H3. The second-order valence-corrected chi connectivity index (χ2v) is 3.52. The lowest BCUT2D eigenvalue weighted by atomic mass is 10.1. The van der Waals surface area contributed by atoms with Crippen molar-refractivity contribution in [2.45, 2.75) is 13.5 Å². The molecule has 0 amide bonds. The Bertz CT molecular complexity index is 481. The summed E-state index contributed by atoms with van der Waals surface area (Å²) in [5, 5.41) is 8.29. The van der Waals surface area contributed by atoms with Crippen LogP contribution in [0.15, 0.2) is 22.6 Å². The van der Waals surface area contributed by atoms with Crippen LogP contribution in [0, 0.1) is 6.92 Å². The first-order valence-electron chi connectivity index (χ1n) is 4.50. The van der Waals surface area contributed by atoms with Crippen LogP contribution in [0.25, 0.3) is 11.5 Å². The molecule has 2 rings (SSSR count). The van der Waals surface area contributed by atoms with Gasteiger partial charge in [0.25, 0.3) is 0 Å². The van der Waals surface area contributed by atoms with Gasteiger partial charge >= 0.3 is 0 Å². The molecule has 15 heavy (non-hydrogen) atoms. The maximum absolute atomic E-state index is 6.12. The summed E-state index contributed by atoms with van der Waals surface area (Å²) < 4.78 is 5.32. The zero-order chi connectivity index (χ0) is 10.8. The normalized spacial score (nSPS) is 10.6. The van der Waals surface area contributed by atoms with Crippen molar-refractivity contribution in [3.63, 3.8) is 0 Å². The molecule has 0 aliphatic heterocycles. The highest BCUT2D eigenvalue weighted by atomic mass is 35.5. The van der Waals surface area contributed by atoms with E-state index in [1.54, 1.807) is 0 Å². The highest BCUT2D eigenvalue weighted by Gasteiger charge is 2.11. The molecule has 0 bridgehead atoms. The van der Waals surface area contributed by atoms with Gasteiger partial charge in [-0.25, -0.2) is 0 Å². The van der Waals surface area contributed by atoms with Gasteiger partial charge in [0, 0.05) is 0 Å². The lowest BCUT2D eigenvalue weighted by molar-refractivity contribution is 0.508. The maximum Gasteiger partial charge on any atom is 0.249 e. The largest absolute Gasteiger partial charge is 0.419 e. The third-order valence-corrected chi connectivity index (χ3v) is 2.57. The Hall–Kier alpha value is -1.39. The first-order chi connectivity index (χ1) is 7.22. The number of nitrogens with zero attached hydrogens (tertiary/aromatic N) is 2. The molecule has 1 aromatic heterocycles. The molecule has 0 saturated heterocycles. The Labute approximate surface area is 92.1 Å². The molecule has 78 valence electrons. The highest BCUT2D eigenvalue weighted by Crippen LogP contribution is 2.29. The number of aryl methyl sites for hydroxylation is 1. The summed E-state index contributed by atoms with van der Waals surface area (Å²) in [5.41, 5.74) is 7.09. The number of hydrogen-bond donors (Lipinski definition) is 1. The number of hydrogen-bond acceptors (Lipinski definition) is 4. The molecule has 1 heterocycles. The third-order valence-electron chi connectivity index (χ3n) is 2.06. The van der Waals surface area contributed by atoms with Crippen molar-refractivity contribution in [1.29, 1.82) is 0 Å². The third kappa shape index (κ3) is 1.86. The predicted molar refractivity (Wildman–Crippen MR) is 57.4 cm³/mol. The SMILES string of the molecule is Cc1cccc(-c2nnc(CN)o2)c1Cl. The van der Waals surface area contributed by atoms with Crippen LogP contribution >= 0.6 is 11.6 Å². The van der Waals surface area contributed by atoms with Crippen molar-refractivity contribution < 1.29 is 4.42 Å². The minimum Gasteiger partial charge on any atom is -0.419 e. The summed E-state index contributed by atoms with van der Waals surface area (Å²) >= 11 is 6.12. The average molecular weight is 224 g/mol. The summed E-state index contributed by atoms with van der Waals surface area (Å²) in [6.07, 6.45) is 0. The van der Waals surface area contributed by atoms with Crippen LogP contribution in [-0.4, -0.2) is 10.2 Å². The smallest absolute Gasteiger partial charge is 0.249 e. The fourth-order valence-corrected chi connectivity index (χ4v) is 1.46. The van der Waals surface area contributed by atoms with Gasteiger partial charge in [-0.1, -0.05) is 23.7 Å². The van der Waals surface area contributed by atoms with Crippen molar-refractivity contribution in [3.8, 4) is 11.5 Å². The van der Waals surface area contributed by atoms with E-state index in [4.69, 9.17) is 21.8 Å². The van der Waals surface area contributed by atoms with Gasteiger partial charge in [0.05, 0.1) is 17.1 Å². The van der Waals surface area contributed by atoms with E-state index in [9.17, 15) is 0 Å². The Morgan fingerprint density at radius 1 is 1.40 bits per heavy atom. The fourth-order valence-electron chi connectivity index (χ4n) is 1.26. The molecule has 4 nitrogen and oxygen atoms in total. The molecule has 5 heteroatoms. The van der Waals surface area contributed by atoms with Crippen LogP contribution in [-0.2, 0) is 6.54 Å². The van der Waals surface area contributed by atoms with Crippen LogP contribution in [0.2, 0.25) is 5.02 Å². The Morgan fingerprint density at radius 3 is 2.87 bits per heavy atom. The van der Waals surface area contributed by atoms with E-state index in [-0.39, 0.29) is 6.54 Å². The van der Waals surface area contributed by atoms with Crippen molar-refractivity contribution >= 4 is 11.6 Å². The number of nitrogens with two attached hydrogens (primary N) is 1. The summed E-state index contributed by atoms with van der Waals surface area (Å²) in [6, 6.07) is 5.65. The van der Waals surface area contributed by atoms with Gasteiger partial charge in [0.2, 0.25) is 11.8 Å². The van der Waals surface area contributed by atoms with E-state index in [0.29, 0.717) is 16.8 Å². The second kappa shape index (κ2) is 4.00. The van der Waals surface area contributed by atoms with E-state index in [1.165, 1.54) is 0 Å². The van der Waals surface area contributed by atoms with Crippen LogP contribution in [0.1, 0.15) is 11.5 Å². The van der Waals surface area contributed by atoms with Crippen LogP contribution in [0.3, 0.4) is 0 Å². The van der Waals surface area contributed by atoms with E-state index in [2.05, 4.69) is 10.2 Å². The van der Waals surface area contributed by atoms with E-state index in [1.807, 2.05) is 25.1 Å². The molecule has 0 radical (unpaired) electrons. The van der Waals surface area contributed by atoms with Gasteiger partial charge < -0.3 is 10.2 Å². The van der Waals surface area contributed by atoms with Crippen molar-refractivity contribution in [2.75, 3.05) is 0 Å². The van der Waals surface area contributed by atoms with Gasteiger partial charge in [-0.2, -0.15) is 0 Å². The molecular formula is C10H10ClN3O. The van der Waals surface area contributed by atoms with Gasteiger partial charge in [-0.05, 0) is 18.6 Å². The van der Waals surface area contributed by atoms with Gasteiger partial charge in [0.15, 0.2) is 0 Å². The topological polar surface area (TPSA) is 64.9 Å². The van der Waals surface area contributed by atoms with Gasteiger partial charge in [-0.3, -0.25) is 0 Å². The zero-order valence-corrected chi connectivity index (χ0v) is 8.95. The molecule has 2 N–H and O–H groups in total. The first-order valence-corrected chi connectivity index (χ1v) is 4.88. The molecule has 0 unspecified atom stereocenters. The molecule has 1 aromatic carbocycles. The summed E-state index contributed by atoms with van der Waals surface area (Å²) in [7, 11) is 0. The lowest BCUT2D eigenvalue weighted by Crippen LogP contribution is -1.95. The fraction of sp³-hybridized carbons (Fsp3) is 0.200. The number of halogens is 1. The first kappa shape index (κ1) is 10.1. The van der Waals surface area contributed by atoms with E-state index >= 15 is 0 Å². The number of benzene rings is 1. The Morgan fingerprint density at radius 2 is 2.20 bits per heavy atom. The molecule has 2 aromatic rings. The maximum atomic E-state index is 6.12. The predicted octanol–water partition coefficient (Wildman–Crippen LogP) is 2.16. The minimum absolute atomic E-state index is 0.233. The van der Waals surface area contributed by atoms with Crippen LogP contribution < -0.4 is 5.73 Å². The zero-order valence-electron chi connectivity index (χ0n) is 8.20. The van der Waals surface area contributed by atoms with Crippen molar-refractivity contribution in [1.82, 2.24) is 10.2 Å². The monoisotopic (exact) mass is 223 g/mol. The molecular weight excluding hydrogens is 214 g/mol. The quantitative estimate of drug-likeness (QED) is 0.847. The van der Waals surface area contributed by atoms with Crippen LogP contribution in [0.4, 0.5) is 0 Å². The highest BCUT2D eigenvalue weighted by molar-refractivity contribution is 6.33. The summed E-state index contributed by atoms with van der Waals surface area (Å²) in [4.78, 5) is 0. The molecule has 0 saturated carbocycles. The van der Waals surface area contributed by atoms with E-state index in [0.717, 1.165) is 11.1 Å². The molecule has 0 aliphatic carbocycles. The number of aromatic nitrogens is 2. The van der Waals surface area contributed by atoms with Crippen molar-refractivity contribution in [2.24, 2.45) is 5.73 Å². The minimum atomic E-state index is 0.233. The molecule has 0 atom stereocenters.